The SMILES string of the molecule is CN(C)c1ccc2c(c1)-c1cc(N(C)C)ccc1C2c1ccccc1. The van der Waals surface area contributed by atoms with Crippen molar-refractivity contribution in [2.24, 2.45) is 0 Å². The summed E-state index contributed by atoms with van der Waals surface area (Å²) in [5.74, 6) is 0.318. The average Bonchev–Trinajstić information content (AvgIpc) is 2.95. The zero-order valence-corrected chi connectivity index (χ0v) is 15.3. The van der Waals surface area contributed by atoms with E-state index >= 15 is 0 Å². The maximum atomic E-state index is 2.33. The third kappa shape index (κ3) is 2.58. The molecule has 0 saturated carbocycles. The van der Waals surface area contributed by atoms with E-state index in [0.29, 0.717) is 5.92 Å². The Kier molecular flexibility index (Phi) is 3.76. The first-order chi connectivity index (χ1) is 12.1. The summed E-state index contributed by atoms with van der Waals surface area (Å²) in [5, 5.41) is 0. The Morgan fingerprint density at radius 1 is 0.600 bits per heavy atom. The lowest BCUT2D eigenvalue weighted by Gasteiger charge is -2.17. The predicted molar refractivity (Wildman–Crippen MR) is 108 cm³/mol. The van der Waals surface area contributed by atoms with Crippen LogP contribution in [0.2, 0.25) is 0 Å². The zero-order valence-electron chi connectivity index (χ0n) is 15.3. The number of hydrogen-bond donors (Lipinski definition) is 0. The summed E-state index contributed by atoms with van der Waals surface area (Å²) in [5.41, 5.74) is 9.38. The third-order valence-electron chi connectivity index (χ3n) is 5.15. The Bertz CT molecular complexity index is 853. The van der Waals surface area contributed by atoms with Crippen LogP contribution in [0.4, 0.5) is 11.4 Å². The van der Waals surface area contributed by atoms with Gasteiger partial charge in [-0.3, -0.25) is 0 Å². The molecule has 1 aliphatic carbocycles. The molecule has 0 heterocycles. The molecule has 0 fully saturated rings. The van der Waals surface area contributed by atoms with Crippen LogP contribution in [-0.2, 0) is 0 Å². The van der Waals surface area contributed by atoms with Crippen LogP contribution >= 0.6 is 0 Å². The summed E-state index contributed by atoms with van der Waals surface area (Å²) in [6.07, 6.45) is 0. The number of hydrogen-bond acceptors (Lipinski definition) is 2. The van der Waals surface area contributed by atoms with Gasteiger partial charge in [-0.25, -0.2) is 0 Å². The normalized spacial score (nSPS) is 12.6. The fourth-order valence-corrected chi connectivity index (χ4v) is 3.79. The van der Waals surface area contributed by atoms with E-state index in [4.69, 9.17) is 0 Å². The molecule has 0 N–H and O–H groups in total. The molecular weight excluding hydrogens is 304 g/mol. The first-order valence-corrected chi connectivity index (χ1v) is 8.74. The highest BCUT2D eigenvalue weighted by Crippen LogP contribution is 2.49. The highest BCUT2D eigenvalue weighted by Gasteiger charge is 2.30. The van der Waals surface area contributed by atoms with Crippen molar-refractivity contribution in [3.05, 3.63) is 83.4 Å². The summed E-state index contributed by atoms with van der Waals surface area (Å²) in [4.78, 5) is 4.34. The summed E-state index contributed by atoms with van der Waals surface area (Å²) in [6.45, 7) is 0. The maximum Gasteiger partial charge on any atom is 0.0367 e. The van der Waals surface area contributed by atoms with Crippen LogP contribution in [0.15, 0.2) is 66.7 Å². The molecule has 0 aromatic heterocycles. The minimum absolute atomic E-state index is 0.318. The number of benzene rings is 3. The lowest BCUT2D eigenvalue weighted by molar-refractivity contribution is 1.01. The van der Waals surface area contributed by atoms with Gasteiger partial charge in [0.05, 0.1) is 0 Å². The molecule has 0 radical (unpaired) electrons. The Hall–Kier alpha value is -2.74. The summed E-state index contributed by atoms with van der Waals surface area (Å²) < 4.78 is 0. The Morgan fingerprint density at radius 2 is 1.08 bits per heavy atom. The largest absolute Gasteiger partial charge is 0.378 e. The molecule has 4 rings (SSSR count). The van der Waals surface area contributed by atoms with Gasteiger partial charge >= 0.3 is 0 Å². The Labute approximate surface area is 150 Å². The van der Waals surface area contributed by atoms with Crippen molar-refractivity contribution in [3.8, 4) is 11.1 Å². The fraction of sp³-hybridized carbons (Fsp3) is 0.217. The van der Waals surface area contributed by atoms with Crippen molar-refractivity contribution in [1.29, 1.82) is 0 Å². The van der Waals surface area contributed by atoms with E-state index in [1.165, 1.54) is 39.2 Å². The molecule has 2 nitrogen and oxygen atoms in total. The fourth-order valence-electron chi connectivity index (χ4n) is 3.79. The minimum atomic E-state index is 0.318. The van der Waals surface area contributed by atoms with Crippen molar-refractivity contribution in [2.75, 3.05) is 38.0 Å². The summed E-state index contributed by atoms with van der Waals surface area (Å²) in [7, 11) is 8.40. The van der Waals surface area contributed by atoms with Gasteiger partial charge in [0.2, 0.25) is 0 Å². The van der Waals surface area contributed by atoms with E-state index in [1.807, 2.05) is 0 Å². The quantitative estimate of drug-likeness (QED) is 0.523. The molecule has 0 amide bonds. The van der Waals surface area contributed by atoms with Crippen LogP contribution in [0, 0.1) is 0 Å². The molecule has 3 aromatic rings. The Morgan fingerprint density at radius 3 is 1.52 bits per heavy atom. The molecule has 0 saturated heterocycles. The first kappa shape index (κ1) is 15.8. The van der Waals surface area contributed by atoms with E-state index < -0.39 is 0 Å². The van der Waals surface area contributed by atoms with E-state index in [0.717, 1.165) is 0 Å². The molecule has 1 aliphatic rings. The van der Waals surface area contributed by atoms with Gasteiger partial charge < -0.3 is 9.80 Å². The van der Waals surface area contributed by atoms with Gasteiger partial charge in [0, 0.05) is 45.5 Å². The number of anilines is 2. The van der Waals surface area contributed by atoms with Gasteiger partial charge in [0.25, 0.3) is 0 Å². The molecule has 2 heteroatoms. The van der Waals surface area contributed by atoms with Crippen LogP contribution in [0.25, 0.3) is 11.1 Å². The molecule has 0 atom stereocenters. The second-order valence-electron chi connectivity index (χ2n) is 7.18. The first-order valence-electron chi connectivity index (χ1n) is 8.74. The molecule has 126 valence electrons. The number of rotatable bonds is 3. The van der Waals surface area contributed by atoms with Gasteiger partial charge in [-0.2, -0.15) is 0 Å². The standard InChI is InChI=1S/C23H24N2/c1-24(2)17-10-12-19-21(14-17)22-15-18(25(3)4)11-13-20(22)23(19)16-8-6-5-7-9-16/h5-15,23H,1-4H3. The number of nitrogens with zero attached hydrogens (tertiary/aromatic N) is 2. The van der Waals surface area contributed by atoms with Gasteiger partial charge in [-0.1, -0.05) is 42.5 Å². The second kappa shape index (κ2) is 5.96. The van der Waals surface area contributed by atoms with Gasteiger partial charge in [0.1, 0.15) is 0 Å². The highest BCUT2D eigenvalue weighted by molar-refractivity contribution is 5.85. The second-order valence-corrected chi connectivity index (χ2v) is 7.18. The molecule has 3 aromatic carbocycles. The van der Waals surface area contributed by atoms with Gasteiger partial charge in [0.15, 0.2) is 0 Å². The lowest BCUT2D eigenvalue weighted by Crippen LogP contribution is -2.09. The van der Waals surface area contributed by atoms with Crippen molar-refractivity contribution < 1.29 is 0 Å². The zero-order chi connectivity index (χ0) is 17.6. The number of fused-ring (bicyclic) bond motifs is 3. The molecule has 0 bridgehead atoms. The molecule has 0 aliphatic heterocycles. The van der Waals surface area contributed by atoms with Crippen LogP contribution < -0.4 is 9.80 Å². The van der Waals surface area contributed by atoms with E-state index in [-0.39, 0.29) is 0 Å². The van der Waals surface area contributed by atoms with E-state index in [2.05, 4.69) is 105 Å². The molecule has 25 heavy (non-hydrogen) atoms. The smallest absolute Gasteiger partial charge is 0.0367 e. The van der Waals surface area contributed by atoms with Crippen LogP contribution in [0.1, 0.15) is 22.6 Å². The van der Waals surface area contributed by atoms with Crippen LogP contribution in [-0.4, -0.2) is 28.2 Å². The van der Waals surface area contributed by atoms with Gasteiger partial charge in [-0.15, -0.1) is 0 Å². The third-order valence-corrected chi connectivity index (χ3v) is 5.15. The highest BCUT2D eigenvalue weighted by atomic mass is 15.1. The van der Waals surface area contributed by atoms with Crippen LogP contribution in [0.3, 0.4) is 0 Å². The van der Waals surface area contributed by atoms with E-state index in [1.54, 1.807) is 0 Å². The predicted octanol–water partition coefficient (Wildman–Crippen LogP) is 4.98. The average molecular weight is 328 g/mol. The molecular formula is C23H24N2. The Balaban J connectivity index is 1.96. The molecule has 0 unspecified atom stereocenters. The van der Waals surface area contributed by atoms with Crippen molar-refractivity contribution >= 4 is 11.4 Å². The van der Waals surface area contributed by atoms with E-state index in [9.17, 15) is 0 Å². The minimum Gasteiger partial charge on any atom is -0.378 e. The van der Waals surface area contributed by atoms with Crippen LogP contribution in [0.5, 0.6) is 0 Å². The summed E-state index contributed by atoms with van der Waals surface area (Å²) in [6, 6.07) is 24.6. The lowest BCUT2D eigenvalue weighted by atomic mass is 9.89. The summed E-state index contributed by atoms with van der Waals surface area (Å²) >= 11 is 0. The molecule has 0 spiro atoms. The van der Waals surface area contributed by atoms with Gasteiger partial charge in [-0.05, 0) is 52.1 Å². The topological polar surface area (TPSA) is 6.48 Å². The monoisotopic (exact) mass is 328 g/mol. The van der Waals surface area contributed by atoms with Crippen molar-refractivity contribution in [1.82, 2.24) is 0 Å². The maximum absolute atomic E-state index is 2.33. The van der Waals surface area contributed by atoms with Crippen molar-refractivity contribution in [2.45, 2.75) is 5.92 Å². The van der Waals surface area contributed by atoms with Crippen molar-refractivity contribution in [3.63, 3.8) is 0 Å².